The van der Waals surface area contributed by atoms with Crippen molar-refractivity contribution in [2.75, 3.05) is 14.2 Å². The number of nitrogens with one attached hydrogen (secondary N) is 1. The topological polar surface area (TPSA) is 203 Å². The number of ketones is 1. The normalized spacial score (nSPS) is 50.4. The fraction of sp³-hybridized carbons (Fsp3) is 0.944. The fourth-order valence-electron chi connectivity index (χ4n) is 8.21. The molecule has 6 N–H and O–H groups in total. The van der Waals surface area contributed by atoms with Crippen molar-refractivity contribution in [2.45, 2.75) is 179 Å². The summed E-state index contributed by atoms with van der Waals surface area (Å²) in [5.74, 6) is -4.98. The lowest BCUT2D eigenvalue weighted by Crippen LogP contribution is -2.61. The Morgan fingerprint density at radius 2 is 1.52 bits per heavy atom. The Morgan fingerprint density at radius 3 is 2.08 bits per heavy atom. The van der Waals surface area contributed by atoms with Crippen LogP contribution in [0.5, 0.6) is 0 Å². The molecule has 3 aliphatic heterocycles. The Balaban J connectivity index is 2.17. The van der Waals surface area contributed by atoms with Gasteiger partial charge in [0.15, 0.2) is 12.6 Å². The maximum absolute atomic E-state index is 14.0. The number of aliphatic hydroxyl groups is 5. The van der Waals surface area contributed by atoms with E-state index in [2.05, 4.69) is 5.32 Å². The molecular formula is C36H65NO13. The summed E-state index contributed by atoms with van der Waals surface area (Å²) >= 11 is 0. The molecule has 0 aromatic carbocycles. The number of methoxy groups -OCH3 is 1. The fourth-order valence-corrected chi connectivity index (χ4v) is 8.21. The van der Waals surface area contributed by atoms with Crippen LogP contribution < -0.4 is 5.32 Å². The summed E-state index contributed by atoms with van der Waals surface area (Å²) in [5.41, 5.74) is -4.84. The van der Waals surface area contributed by atoms with Crippen LogP contribution in [0.25, 0.3) is 0 Å². The highest BCUT2D eigenvalue weighted by Gasteiger charge is 2.53. The van der Waals surface area contributed by atoms with Crippen LogP contribution in [0.4, 0.5) is 0 Å². The number of carbonyl (C=O) groups excluding carboxylic acids is 2. The lowest BCUT2D eigenvalue weighted by molar-refractivity contribution is -0.316. The minimum absolute atomic E-state index is 0.0929. The van der Waals surface area contributed by atoms with Crippen LogP contribution in [-0.4, -0.2) is 136 Å². The standard InChI is InChI=1S/C36H65NO13/c1-13-24-36(10,44)29(40)19(4)26(38)17(2)15-34(8,43)31(50-33-27(39)23(37-11)14-18(3)46-33)20(5)28(21(6)32(42)48-24)49-25-16-35(9,45-12)30(41)22(7)47-25/h17-25,27-31,33,37,39-41,43-44H,13-16H2,1-12H3/t17?,18-,19+,20+,21-,22+,23+,24-,25+,27-,28+,29-,30+,31-,33+,34-,35-,36-/m1/s1. The molecule has 3 heterocycles. The maximum atomic E-state index is 14.0. The number of hydrogen-bond donors (Lipinski definition) is 6. The van der Waals surface area contributed by atoms with Crippen molar-refractivity contribution in [3.63, 3.8) is 0 Å². The van der Waals surface area contributed by atoms with Crippen molar-refractivity contribution in [1.29, 1.82) is 0 Å². The first kappa shape index (κ1) is 43.1. The zero-order valence-electron chi connectivity index (χ0n) is 32.0. The first-order valence-electron chi connectivity index (χ1n) is 18.1. The highest BCUT2D eigenvalue weighted by Crippen LogP contribution is 2.40. The number of carbonyl (C=O) groups is 2. The number of hydrogen-bond acceptors (Lipinski definition) is 14. The monoisotopic (exact) mass is 719 g/mol. The van der Waals surface area contributed by atoms with Gasteiger partial charge in [-0.2, -0.15) is 0 Å². The lowest BCUT2D eigenvalue weighted by Gasteiger charge is -2.48. The average Bonchev–Trinajstić information content (AvgIpc) is 3.05. The van der Waals surface area contributed by atoms with Gasteiger partial charge < -0.3 is 59.3 Å². The van der Waals surface area contributed by atoms with Gasteiger partial charge in [0.1, 0.15) is 29.7 Å². The van der Waals surface area contributed by atoms with E-state index >= 15 is 0 Å². The van der Waals surface area contributed by atoms with E-state index in [4.69, 9.17) is 28.4 Å². The predicted octanol–water partition coefficient (Wildman–Crippen LogP) is 1.44. The third kappa shape index (κ3) is 9.07. The Hall–Kier alpha value is -1.30. The lowest BCUT2D eigenvalue weighted by atomic mass is 9.74. The van der Waals surface area contributed by atoms with E-state index in [1.165, 1.54) is 27.9 Å². The third-order valence-corrected chi connectivity index (χ3v) is 11.6. The summed E-state index contributed by atoms with van der Waals surface area (Å²) < 4.78 is 36.9. The summed E-state index contributed by atoms with van der Waals surface area (Å²) in [5, 5.41) is 60.4. The van der Waals surface area contributed by atoms with Crippen LogP contribution in [0.3, 0.4) is 0 Å². The van der Waals surface area contributed by atoms with Gasteiger partial charge in [0, 0.05) is 37.3 Å². The Morgan fingerprint density at radius 1 is 0.900 bits per heavy atom. The van der Waals surface area contributed by atoms with Crippen LogP contribution in [0, 0.1) is 23.7 Å². The van der Waals surface area contributed by atoms with Crippen LogP contribution in [0.15, 0.2) is 0 Å². The second-order valence-corrected chi connectivity index (χ2v) is 15.8. The largest absolute Gasteiger partial charge is 0.459 e. The molecule has 50 heavy (non-hydrogen) atoms. The zero-order chi connectivity index (χ0) is 38.1. The van der Waals surface area contributed by atoms with Crippen molar-refractivity contribution in [2.24, 2.45) is 23.7 Å². The average molecular weight is 720 g/mol. The number of aliphatic hydroxyl groups excluding tert-OH is 3. The van der Waals surface area contributed by atoms with E-state index in [9.17, 15) is 35.1 Å². The summed E-state index contributed by atoms with van der Waals surface area (Å²) in [7, 11) is 3.20. The maximum Gasteiger partial charge on any atom is 0.311 e. The second-order valence-electron chi connectivity index (χ2n) is 15.8. The van der Waals surface area contributed by atoms with Crippen molar-refractivity contribution in [3.05, 3.63) is 0 Å². The molecule has 1 unspecified atom stereocenters. The van der Waals surface area contributed by atoms with E-state index in [-0.39, 0.29) is 31.4 Å². The first-order chi connectivity index (χ1) is 23.1. The van der Waals surface area contributed by atoms with E-state index in [1.54, 1.807) is 48.6 Å². The molecule has 3 aliphatic rings. The third-order valence-electron chi connectivity index (χ3n) is 11.6. The van der Waals surface area contributed by atoms with Gasteiger partial charge in [-0.1, -0.05) is 27.7 Å². The number of Topliss-reactive ketones (excluding diaryl/α,β-unsaturated/α-hetero) is 1. The Bertz CT molecular complexity index is 1140. The summed E-state index contributed by atoms with van der Waals surface area (Å²) in [6.07, 6.45) is -9.76. The van der Waals surface area contributed by atoms with E-state index in [0.717, 1.165) is 0 Å². The number of cyclic esters (lactones) is 1. The zero-order valence-corrected chi connectivity index (χ0v) is 32.0. The summed E-state index contributed by atoms with van der Waals surface area (Å²) in [6, 6.07) is -0.375. The summed E-state index contributed by atoms with van der Waals surface area (Å²) in [4.78, 5) is 27.8. The van der Waals surface area contributed by atoms with Gasteiger partial charge in [-0.15, -0.1) is 0 Å². The predicted molar refractivity (Wildman–Crippen MR) is 182 cm³/mol. The van der Waals surface area contributed by atoms with Crippen molar-refractivity contribution >= 4 is 11.8 Å². The minimum Gasteiger partial charge on any atom is -0.459 e. The first-order valence-corrected chi connectivity index (χ1v) is 18.1. The van der Waals surface area contributed by atoms with Gasteiger partial charge in [-0.3, -0.25) is 9.59 Å². The molecule has 0 bridgehead atoms. The molecule has 18 atom stereocenters. The second kappa shape index (κ2) is 16.8. The van der Waals surface area contributed by atoms with Gasteiger partial charge in [0.05, 0.1) is 47.6 Å². The van der Waals surface area contributed by atoms with Gasteiger partial charge in [0.25, 0.3) is 0 Å². The van der Waals surface area contributed by atoms with Crippen LogP contribution in [-0.2, 0) is 38.0 Å². The molecule has 0 radical (unpaired) electrons. The van der Waals surface area contributed by atoms with E-state index in [0.29, 0.717) is 6.42 Å². The van der Waals surface area contributed by atoms with Crippen LogP contribution in [0.1, 0.15) is 94.9 Å². The van der Waals surface area contributed by atoms with E-state index in [1.807, 2.05) is 6.92 Å². The van der Waals surface area contributed by atoms with Gasteiger partial charge in [0.2, 0.25) is 0 Å². The van der Waals surface area contributed by atoms with Gasteiger partial charge in [-0.25, -0.2) is 0 Å². The molecule has 0 aromatic heterocycles. The van der Waals surface area contributed by atoms with Crippen molar-refractivity contribution in [3.8, 4) is 0 Å². The highest BCUT2D eigenvalue weighted by atomic mass is 16.7. The SMILES string of the molecule is CC[C@H]1OC(=O)[C@H](C)[C@@H](O[C@H]2C[C@@](C)(OC)[C@@H](O)[C@H](C)O2)[C@H](C)[C@@H](O[C@@H]2O[C@H](C)C[C@H](NC)[C@H]2O)[C@](C)(O)CC(C)C(=O)[C@H](C)[C@@H](O)[C@]1(C)O. The minimum atomic E-state index is -1.99. The molecular weight excluding hydrogens is 654 g/mol. The van der Waals surface area contributed by atoms with Gasteiger partial charge in [-0.05, 0) is 67.9 Å². The van der Waals surface area contributed by atoms with Crippen LogP contribution >= 0.6 is 0 Å². The molecule has 14 nitrogen and oxygen atoms in total. The molecule has 292 valence electrons. The molecule has 0 spiro atoms. The molecule has 0 saturated carbocycles. The van der Waals surface area contributed by atoms with Gasteiger partial charge >= 0.3 is 5.97 Å². The smallest absolute Gasteiger partial charge is 0.311 e. The Kier molecular flexibility index (Phi) is 14.5. The molecule has 0 aliphatic carbocycles. The molecule has 0 aromatic rings. The molecule has 0 amide bonds. The molecule has 14 heteroatoms. The molecule has 3 saturated heterocycles. The molecule has 3 fully saturated rings. The number of ether oxygens (including phenoxy) is 6. The van der Waals surface area contributed by atoms with Crippen molar-refractivity contribution in [1.82, 2.24) is 5.32 Å². The Labute approximate surface area is 297 Å². The number of esters is 1. The van der Waals surface area contributed by atoms with Crippen molar-refractivity contribution < 1.29 is 63.5 Å². The quantitative estimate of drug-likeness (QED) is 0.206. The summed E-state index contributed by atoms with van der Waals surface area (Å²) in [6.45, 7) is 16.3. The number of rotatable bonds is 7. The molecule has 3 rings (SSSR count). The van der Waals surface area contributed by atoms with E-state index < -0.39 is 108 Å². The number of likely N-dealkylation sites (N-methyl/N-ethyl adjacent to an activating group) is 1. The highest BCUT2D eigenvalue weighted by molar-refractivity contribution is 5.83. The van der Waals surface area contributed by atoms with Crippen LogP contribution in [0.2, 0.25) is 0 Å².